The number of hydrogen-bond donors (Lipinski definition) is 1. The molecule has 1 rings (SSSR count). The van der Waals surface area contributed by atoms with Crippen molar-refractivity contribution in [2.45, 2.75) is 52.6 Å². The summed E-state index contributed by atoms with van der Waals surface area (Å²) in [5.74, 6) is 1.46. The van der Waals surface area contributed by atoms with Gasteiger partial charge in [0.1, 0.15) is 17.2 Å². The third kappa shape index (κ3) is 4.02. The van der Waals surface area contributed by atoms with Crippen LogP contribution in [0.2, 0.25) is 0 Å². The number of rotatable bonds is 7. The lowest BCUT2D eigenvalue weighted by atomic mass is 9.96. The normalized spacial score (nSPS) is 14.2. The highest BCUT2D eigenvalue weighted by Gasteiger charge is 2.32. The van der Waals surface area contributed by atoms with Crippen molar-refractivity contribution in [3.8, 4) is 0 Å². The van der Waals surface area contributed by atoms with Crippen molar-refractivity contribution in [1.82, 2.24) is 20.1 Å². The summed E-state index contributed by atoms with van der Waals surface area (Å²) in [5, 5.41) is 7.51. The Hall–Kier alpha value is -1.43. The van der Waals surface area contributed by atoms with E-state index in [1.54, 1.807) is 0 Å². The molecule has 19 heavy (non-hydrogen) atoms. The smallest absolute Gasteiger partial charge is 0.325 e. The summed E-state index contributed by atoms with van der Waals surface area (Å²) in [6.07, 6.45) is 1.54. The van der Waals surface area contributed by atoms with Gasteiger partial charge >= 0.3 is 5.97 Å². The zero-order valence-electron chi connectivity index (χ0n) is 12.5. The molecule has 0 saturated carbocycles. The summed E-state index contributed by atoms with van der Waals surface area (Å²) in [6, 6.07) is 0. The van der Waals surface area contributed by atoms with Gasteiger partial charge in [0.2, 0.25) is 0 Å². The molecule has 0 aliphatic rings. The van der Waals surface area contributed by atoms with Crippen LogP contribution in [0.4, 0.5) is 0 Å². The highest BCUT2D eigenvalue weighted by Crippen LogP contribution is 2.15. The van der Waals surface area contributed by atoms with Crippen molar-refractivity contribution in [2.75, 3.05) is 13.7 Å². The Balaban J connectivity index is 2.58. The number of ether oxygens (including phenoxy) is 1. The van der Waals surface area contributed by atoms with E-state index in [4.69, 9.17) is 4.74 Å². The Morgan fingerprint density at radius 3 is 2.63 bits per heavy atom. The molecule has 108 valence electrons. The zero-order chi connectivity index (χ0) is 14.5. The van der Waals surface area contributed by atoms with Crippen molar-refractivity contribution >= 4 is 5.97 Å². The van der Waals surface area contributed by atoms with Gasteiger partial charge in [-0.1, -0.05) is 6.92 Å². The average molecular weight is 268 g/mol. The van der Waals surface area contributed by atoms with E-state index >= 15 is 0 Å². The van der Waals surface area contributed by atoms with Gasteiger partial charge in [0.05, 0.1) is 7.11 Å². The average Bonchev–Trinajstić information content (AvgIpc) is 2.67. The van der Waals surface area contributed by atoms with Gasteiger partial charge in [-0.15, -0.1) is 0 Å². The van der Waals surface area contributed by atoms with Crippen LogP contribution < -0.4 is 5.32 Å². The summed E-state index contributed by atoms with van der Waals surface area (Å²) in [7, 11) is 1.42. The molecule has 0 aliphatic heterocycles. The number of hydrogen-bond acceptors (Lipinski definition) is 5. The lowest BCUT2D eigenvalue weighted by Crippen LogP contribution is -2.50. The summed E-state index contributed by atoms with van der Waals surface area (Å²) >= 11 is 0. The fourth-order valence-corrected chi connectivity index (χ4v) is 2.23. The van der Waals surface area contributed by atoms with Crippen molar-refractivity contribution in [2.24, 2.45) is 0 Å². The summed E-state index contributed by atoms with van der Waals surface area (Å²) < 4.78 is 6.74. The first kappa shape index (κ1) is 15.6. The summed E-state index contributed by atoms with van der Waals surface area (Å²) in [5.41, 5.74) is -0.632. The number of esters is 1. The van der Waals surface area contributed by atoms with Crippen LogP contribution in [0.25, 0.3) is 0 Å². The maximum absolute atomic E-state index is 11.8. The molecular formula is C13H24N4O2. The molecule has 1 heterocycles. The SMILES string of the molecule is CCNC(C)(CCCn1nc(C)nc1C)C(=O)OC. The molecule has 0 aliphatic carbocycles. The van der Waals surface area contributed by atoms with Crippen molar-refractivity contribution in [3.05, 3.63) is 11.6 Å². The number of likely N-dealkylation sites (N-methyl/N-ethyl adjacent to an activating group) is 1. The summed E-state index contributed by atoms with van der Waals surface area (Å²) in [4.78, 5) is 16.1. The molecule has 0 radical (unpaired) electrons. The van der Waals surface area contributed by atoms with Crippen LogP contribution in [0, 0.1) is 13.8 Å². The van der Waals surface area contributed by atoms with E-state index in [0.29, 0.717) is 6.42 Å². The van der Waals surface area contributed by atoms with Gasteiger partial charge in [-0.2, -0.15) is 5.10 Å². The number of aromatic nitrogens is 3. The van der Waals surface area contributed by atoms with Crippen LogP contribution in [0.5, 0.6) is 0 Å². The topological polar surface area (TPSA) is 69.0 Å². The van der Waals surface area contributed by atoms with Gasteiger partial charge in [-0.3, -0.25) is 9.48 Å². The fourth-order valence-electron chi connectivity index (χ4n) is 2.23. The lowest BCUT2D eigenvalue weighted by Gasteiger charge is -2.27. The largest absolute Gasteiger partial charge is 0.468 e. The third-order valence-corrected chi connectivity index (χ3v) is 3.21. The molecular weight excluding hydrogens is 244 g/mol. The Bertz CT molecular complexity index is 430. The van der Waals surface area contributed by atoms with Crippen LogP contribution in [0.3, 0.4) is 0 Å². The highest BCUT2D eigenvalue weighted by molar-refractivity contribution is 5.80. The van der Waals surface area contributed by atoms with Crippen LogP contribution in [0.15, 0.2) is 0 Å². The van der Waals surface area contributed by atoms with Gasteiger partial charge in [0.15, 0.2) is 0 Å². The maximum atomic E-state index is 11.8. The first-order valence-electron chi connectivity index (χ1n) is 6.64. The molecule has 0 aromatic carbocycles. The summed E-state index contributed by atoms with van der Waals surface area (Å²) in [6.45, 7) is 9.15. The van der Waals surface area contributed by atoms with Crippen LogP contribution >= 0.6 is 0 Å². The molecule has 0 spiro atoms. The van der Waals surface area contributed by atoms with E-state index in [-0.39, 0.29) is 5.97 Å². The van der Waals surface area contributed by atoms with Crippen molar-refractivity contribution < 1.29 is 9.53 Å². The van der Waals surface area contributed by atoms with Gasteiger partial charge in [0.25, 0.3) is 0 Å². The maximum Gasteiger partial charge on any atom is 0.325 e. The molecule has 6 heteroatoms. The van der Waals surface area contributed by atoms with Crippen LogP contribution in [-0.2, 0) is 16.1 Å². The number of carbonyl (C=O) groups is 1. The Morgan fingerprint density at radius 1 is 1.47 bits per heavy atom. The minimum Gasteiger partial charge on any atom is -0.468 e. The second-order valence-electron chi connectivity index (χ2n) is 4.89. The predicted molar refractivity (Wildman–Crippen MR) is 72.8 cm³/mol. The molecule has 1 atom stereocenters. The molecule has 0 bridgehead atoms. The highest BCUT2D eigenvalue weighted by atomic mass is 16.5. The molecule has 0 saturated heterocycles. The molecule has 6 nitrogen and oxygen atoms in total. The fraction of sp³-hybridized carbons (Fsp3) is 0.769. The minimum absolute atomic E-state index is 0.221. The molecule has 1 N–H and O–H groups in total. The lowest BCUT2D eigenvalue weighted by molar-refractivity contribution is -0.148. The Morgan fingerprint density at radius 2 is 2.16 bits per heavy atom. The number of aryl methyl sites for hydroxylation is 3. The zero-order valence-corrected chi connectivity index (χ0v) is 12.5. The minimum atomic E-state index is -0.632. The quantitative estimate of drug-likeness (QED) is 0.753. The van der Waals surface area contributed by atoms with Crippen molar-refractivity contribution in [1.29, 1.82) is 0 Å². The molecule has 0 fully saturated rings. The van der Waals surface area contributed by atoms with Crippen molar-refractivity contribution in [3.63, 3.8) is 0 Å². The van der Waals surface area contributed by atoms with E-state index in [0.717, 1.165) is 31.2 Å². The van der Waals surface area contributed by atoms with Gasteiger partial charge < -0.3 is 10.1 Å². The van der Waals surface area contributed by atoms with Gasteiger partial charge in [-0.05, 0) is 40.2 Å². The van der Waals surface area contributed by atoms with Crippen LogP contribution in [-0.4, -0.2) is 39.9 Å². The van der Waals surface area contributed by atoms with E-state index in [1.165, 1.54) is 7.11 Å². The molecule has 1 unspecified atom stereocenters. The number of nitrogens with one attached hydrogen (secondary N) is 1. The Kier molecular flexibility index (Phi) is 5.47. The van der Waals surface area contributed by atoms with E-state index in [2.05, 4.69) is 15.4 Å². The first-order valence-corrected chi connectivity index (χ1v) is 6.64. The Labute approximate surface area is 114 Å². The number of nitrogens with zero attached hydrogens (tertiary/aromatic N) is 3. The molecule has 1 aromatic heterocycles. The first-order chi connectivity index (χ1) is 8.92. The number of methoxy groups -OCH3 is 1. The predicted octanol–water partition coefficient (Wildman–Crippen LogP) is 1.22. The second kappa shape index (κ2) is 6.65. The standard InChI is InChI=1S/C13H24N4O2/c1-6-14-13(4,12(18)19-5)8-7-9-17-11(3)15-10(2)16-17/h14H,6-9H2,1-5H3. The van der Waals surface area contributed by atoms with Gasteiger partial charge in [-0.25, -0.2) is 4.98 Å². The van der Waals surface area contributed by atoms with E-state index in [9.17, 15) is 4.79 Å². The molecule has 0 amide bonds. The van der Waals surface area contributed by atoms with Gasteiger partial charge in [0, 0.05) is 6.54 Å². The second-order valence-corrected chi connectivity index (χ2v) is 4.89. The monoisotopic (exact) mass is 268 g/mol. The van der Waals surface area contributed by atoms with E-state index < -0.39 is 5.54 Å². The van der Waals surface area contributed by atoms with E-state index in [1.807, 2.05) is 32.4 Å². The van der Waals surface area contributed by atoms with Crippen LogP contribution in [0.1, 0.15) is 38.3 Å². The molecule has 1 aromatic rings. The third-order valence-electron chi connectivity index (χ3n) is 3.21. The number of carbonyl (C=O) groups excluding carboxylic acids is 1.